The van der Waals surface area contributed by atoms with Crippen LogP contribution in [0.5, 0.6) is 0 Å². The molecule has 0 bridgehead atoms. The third-order valence-corrected chi connectivity index (χ3v) is 5.00. The molecule has 0 saturated carbocycles. The summed E-state index contributed by atoms with van der Waals surface area (Å²) in [5.41, 5.74) is 1.64. The highest BCUT2D eigenvalue weighted by Crippen LogP contribution is 2.39. The van der Waals surface area contributed by atoms with Gasteiger partial charge in [0.1, 0.15) is 0 Å². The van der Waals surface area contributed by atoms with Crippen LogP contribution in [-0.2, 0) is 4.79 Å². The topological polar surface area (TPSA) is 80.5 Å². The van der Waals surface area contributed by atoms with Gasteiger partial charge in [0.05, 0.1) is 15.5 Å². The van der Waals surface area contributed by atoms with E-state index in [9.17, 15) is 19.7 Å². The summed E-state index contributed by atoms with van der Waals surface area (Å²) in [6, 6.07) is 12.3. The number of amides is 2. The third-order valence-electron chi connectivity index (χ3n) is 3.71. The van der Waals surface area contributed by atoms with Crippen LogP contribution in [0.15, 0.2) is 53.4 Å². The fraction of sp³-hybridized carbons (Fsp3) is 0.0588. The van der Waals surface area contributed by atoms with E-state index in [2.05, 4.69) is 0 Å². The first-order chi connectivity index (χ1) is 11.9. The second-order valence-corrected chi connectivity index (χ2v) is 6.64. The largest absolute Gasteiger partial charge is 0.298 e. The molecule has 0 unspecified atom stereocenters. The van der Waals surface area contributed by atoms with Gasteiger partial charge in [-0.1, -0.05) is 11.6 Å². The van der Waals surface area contributed by atoms with Gasteiger partial charge in [-0.05, 0) is 66.2 Å². The minimum Gasteiger partial charge on any atom is -0.268 e. The quantitative estimate of drug-likeness (QED) is 0.434. The van der Waals surface area contributed by atoms with Crippen LogP contribution in [0, 0.1) is 10.1 Å². The van der Waals surface area contributed by atoms with Crippen molar-refractivity contribution in [3.63, 3.8) is 0 Å². The molecule has 2 aromatic carbocycles. The molecule has 1 aliphatic rings. The van der Waals surface area contributed by atoms with Gasteiger partial charge in [0.15, 0.2) is 0 Å². The van der Waals surface area contributed by atoms with Crippen molar-refractivity contribution in [1.82, 2.24) is 0 Å². The van der Waals surface area contributed by atoms with E-state index in [0.717, 1.165) is 16.7 Å². The Morgan fingerprint density at radius 2 is 1.68 bits per heavy atom. The normalized spacial score (nSPS) is 16.3. The fourth-order valence-corrected chi connectivity index (χ4v) is 3.40. The number of benzene rings is 2. The maximum Gasteiger partial charge on any atom is 0.298 e. The number of anilines is 1. The van der Waals surface area contributed by atoms with Crippen LogP contribution in [0.3, 0.4) is 0 Å². The zero-order valence-corrected chi connectivity index (χ0v) is 14.5. The van der Waals surface area contributed by atoms with E-state index in [1.54, 1.807) is 43.3 Å². The minimum atomic E-state index is -0.493. The Morgan fingerprint density at radius 1 is 1.08 bits per heavy atom. The molecule has 1 heterocycles. The van der Waals surface area contributed by atoms with Crippen LogP contribution < -0.4 is 4.90 Å². The molecule has 0 aromatic heterocycles. The zero-order valence-electron chi connectivity index (χ0n) is 12.9. The summed E-state index contributed by atoms with van der Waals surface area (Å²) in [6.45, 7) is 1.71. The molecule has 6 nitrogen and oxygen atoms in total. The van der Waals surface area contributed by atoms with Gasteiger partial charge in [0.25, 0.3) is 16.8 Å². The van der Waals surface area contributed by atoms with Crippen molar-refractivity contribution >= 4 is 51.5 Å². The standard InChI is InChI=1S/C17H11ClN2O4S/c1-10(11-2-6-14(7-3-11)20(23)24)15-16(21)19(17(22)25-15)13-8-4-12(18)5-9-13/h2-9H,1H3/b15-10-. The maximum absolute atomic E-state index is 12.7. The third kappa shape index (κ3) is 3.29. The number of thioether (sulfide) groups is 1. The van der Waals surface area contributed by atoms with E-state index in [1.165, 1.54) is 12.1 Å². The molecule has 1 aliphatic heterocycles. The zero-order chi connectivity index (χ0) is 18.1. The van der Waals surface area contributed by atoms with Crippen LogP contribution in [0.4, 0.5) is 16.2 Å². The average molecular weight is 375 g/mol. The smallest absolute Gasteiger partial charge is 0.268 e. The second-order valence-electron chi connectivity index (χ2n) is 5.24. The molecule has 0 spiro atoms. The summed E-state index contributed by atoms with van der Waals surface area (Å²) < 4.78 is 0. The van der Waals surface area contributed by atoms with Gasteiger partial charge in [-0.2, -0.15) is 0 Å². The molecule has 0 N–H and O–H groups in total. The molecule has 8 heteroatoms. The molecule has 0 radical (unpaired) electrons. The number of nitro groups is 1. The molecule has 2 amide bonds. The first-order valence-corrected chi connectivity index (χ1v) is 8.35. The molecule has 2 aromatic rings. The summed E-state index contributed by atoms with van der Waals surface area (Å²) in [4.78, 5) is 36.6. The lowest BCUT2D eigenvalue weighted by atomic mass is 10.1. The van der Waals surface area contributed by atoms with Gasteiger partial charge >= 0.3 is 0 Å². The number of carbonyl (C=O) groups excluding carboxylic acids is 2. The molecule has 3 rings (SSSR count). The highest BCUT2D eigenvalue weighted by Gasteiger charge is 2.37. The number of hydrogen-bond donors (Lipinski definition) is 0. The highest BCUT2D eigenvalue weighted by atomic mass is 35.5. The summed E-state index contributed by atoms with van der Waals surface area (Å²) in [7, 11) is 0. The van der Waals surface area contributed by atoms with E-state index in [1.807, 2.05) is 0 Å². The number of rotatable bonds is 3. The van der Waals surface area contributed by atoms with E-state index in [-0.39, 0.29) is 5.69 Å². The number of non-ortho nitro benzene ring substituents is 1. The van der Waals surface area contributed by atoms with Crippen LogP contribution in [-0.4, -0.2) is 16.1 Å². The Balaban J connectivity index is 1.95. The predicted octanol–water partition coefficient (Wildman–Crippen LogP) is 4.88. The molecule has 126 valence electrons. The van der Waals surface area contributed by atoms with Crippen molar-refractivity contribution in [3.8, 4) is 0 Å². The Labute approximate surface area is 152 Å². The molecule has 1 fully saturated rings. The molecular weight excluding hydrogens is 364 g/mol. The molecule has 0 atom stereocenters. The van der Waals surface area contributed by atoms with E-state index < -0.39 is 16.1 Å². The van der Waals surface area contributed by atoms with Gasteiger partial charge in [-0.3, -0.25) is 19.7 Å². The fourth-order valence-electron chi connectivity index (χ4n) is 2.38. The monoisotopic (exact) mass is 374 g/mol. The minimum absolute atomic E-state index is 0.0363. The number of nitrogens with zero attached hydrogens (tertiary/aromatic N) is 2. The van der Waals surface area contributed by atoms with Crippen molar-refractivity contribution in [2.75, 3.05) is 4.90 Å². The highest BCUT2D eigenvalue weighted by molar-refractivity contribution is 8.19. The molecule has 1 saturated heterocycles. The Hall–Kier alpha value is -2.64. The number of hydrogen-bond acceptors (Lipinski definition) is 5. The first-order valence-electron chi connectivity index (χ1n) is 7.16. The van der Waals surface area contributed by atoms with E-state index >= 15 is 0 Å². The van der Waals surface area contributed by atoms with Crippen molar-refractivity contribution in [1.29, 1.82) is 0 Å². The molecule has 0 aliphatic carbocycles. The number of halogens is 1. The summed E-state index contributed by atoms with van der Waals surface area (Å²) in [6.07, 6.45) is 0. The summed E-state index contributed by atoms with van der Waals surface area (Å²) >= 11 is 6.68. The van der Waals surface area contributed by atoms with Crippen molar-refractivity contribution in [3.05, 3.63) is 74.1 Å². The van der Waals surface area contributed by atoms with Gasteiger partial charge in [-0.15, -0.1) is 0 Å². The average Bonchev–Trinajstić information content (AvgIpc) is 2.90. The SMILES string of the molecule is C/C(=C1/SC(=O)N(c2ccc(Cl)cc2)C1=O)c1ccc([N+](=O)[O-])cc1. The van der Waals surface area contributed by atoms with Crippen LogP contribution in [0.2, 0.25) is 5.02 Å². The Kier molecular flexibility index (Phi) is 4.61. The summed E-state index contributed by atoms with van der Waals surface area (Å²) in [5, 5.41) is 10.8. The van der Waals surface area contributed by atoms with Crippen molar-refractivity contribution in [2.45, 2.75) is 6.92 Å². The second kappa shape index (κ2) is 6.70. The van der Waals surface area contributed by atoms with Gasteiger partial charge in [0.2, 0.25) is 0 Å². The van der Waals surface area contributed by atoms with Gasteiger partial charge in [0, 0.05) is 17.2 Å². The summed E-state index contributed by atoms with van der Waals surface area (Å²) in [5.74, 6) is -0.423. The number of imide groups is 1. The predicted molar refractivity (Wildman–Crippen MR) is 97.6 cm³/mol. The van der Waals surface area contributed by atoms with E-state index in [0.29, 0.717) is 26.8 Å². The maximum atomic E-state index is 12.7. The molecular formula is C17H11ClN2O4S. The van der Waals surface area contributed by atoms with Crippen LogP contribution in [0.25, 0.3) is 5.57 Å². The number of carbonyl (C=O) groups is 2. The van der Waals surface area contributed by atoms with Crippen molar-refractivity contribution < 1.29 is 14.5 Å². The Morgan fingerprint density at radius 3 is 2.24 bits per heavy atom. The molecule has 25 heavy (non-hydrogen) atoms. The number of allylic oxidation sites excluding steroid dienone is 1. The van der Waals surface area contributed by atoms with Crippen LogP contribution >= 0.6 is 23.4 Å². The van der Waals surface area contributed by atoms with Crippen LogP contribution in [0.1, 0.15) is 12.5 Å². The number of nitro benzene ring substituents is 1. The van der Waals surface area contributed by atoms with Gasteiger partial charge < -0.3 is 0 Å². The lowest BCUT2D eigenvalue weighted by molar-refractivity contribution is -0.384. The van der Waals surface area contributed by atoms with Gasteiger partial charge in [-0.25, -0.2) is 4.90 Å². The lowest BCUT2D eigenvalue weighted by Gasteiger charge is -2.12. The Bertz CT molecular complexity index is 907. The first kappa shape index (κ1) is 17.2. The van der Waals surface area contributed by atoms with E-state index in [4.69, 9.17) is 11.6 Å². The lowest BCUT2D eigenvalue weighted by Crippen LogP contribution is -2.27. The van der Waals surface area contributed by atoms with Crippen molar-refractivity contribution in [2.24, 2.45) is 0 Å².